The molecule has 0 amide bonds. The highest BCUT2D eigenvalue weighted by Gasteiger charge is 2.57. The minimum Gasteiger partial charge on any atom is -0.459 e. The van der Waals surface area contributed by atoms with E-state index in [0.717, 1.165) is 19.4 Å². The van der Waals surface area contributed by atoms with Gasteiger partial charge >= 0.3 is 17.8 Å². The molecule has 162 valence electrons. The number of carbonyl (C=O) groups excluding carboxylic acids is 2. The molecule has 29 heavy (non-hydrogen) atoms. The maximum absolute atomic E-state index is 14.9. The van der Waals surface area contributed by atoms with Gasteiger partial charge in [-0.25, -0.2) is 18.5 Å². The predicted octanol–water partition coefficient (Wildman–Crippen LogP) is -1.13. The normalized spacial score (nSPS) is 26.4. The quantitative estimate of drug-likeness (QED) is 0.540. The molecule has 0 spiro atoms. The summed E-state index contributed by atoms with van der Waals surface area (Å²) in [5.74, 6) is -4.34. The van der Waals surface area contributed by atoms with E-state index in [1.165, 1.54) is 13.8 Å². The van der Waals surface area contributed by atoms with Gasteiger partial charge in [-0.3, -0.25) is 14.2 Å². The molecule has 0 unspecified atom stereocenters. The van der Waals surface area contributed by atoms with Gasteiger partial charge in [0, 0.05) is 12.3 Å². The Balaban J connectivity index is 2.28. The first kappa shape index (κ1) is 22.5. The number of aromatic nitrogens is 2. The molecular weight excluding hydrogens is 399 g/mol. The van der Waals surface area contributed by atoms with Gasteiger partial charge in [0.15, 0.2) is 19.6 Å². The van der Waals surface area contributed by atoms with Crippen LogP contribution in [-0.2, 0) is 30.5 Å². The van der Waals surface area contributed by atoms with Gasteiger partial charge in [0.05, 0.1) is 13.0 Å². The molecule has 1 aliphatic rings. The summed E-state index contributed by atoms with van der Waals surface area (Å²) in [5, 5.41) is 20.2. The van der Waals surface area contributed by atoms with E-state index in [4.69, 9.17) is 9.47 Å². The average Bonchev–Trinajstić information content (AvgIpc) is 2.90. The highest BCUT2D eigenvalue weighted by molar-refractivity contribution is 5.71. The molecule has 1 aliphatic heterocycles. The van der Waals surface area contributed by atoms with E-state index in [2.05, 4.69) is 9.47 Å². The van der Waals surface area contributed by atoms with Gasteiger partial charge in [-0.15, -0.1) is 0 Å². The molecule has 4 atom stereocenters. The molecule has 0 saturated carbocycles. The lowest BCUT2D eigenvalue weighted by Gasteiger charge is -2.23. The lowest BCUT2D eigenvalue weighted by atomic mass is 10.1. The summed E-state index contributed by atoms with van der Waals surface area (Å²) >= 11 is 0. The van der Waals surface area contributed by atoms with E-state index < -0.39 is 66.9 Å². The molecular formula is C16H21FN2O10. The fraction of sp³-hybridized carbons (Fsp3) is 0.625. The zero-order chi connectivity index (χ0) is 21.9. The van der Waals surface area contributed by atoms with Gasteiger partial charge in [-0.2, -0.15) is 0 Å². The van der Waals surface area contributed by atoms with Crippen molar-refractivity contribution in [3.8, 4) is 0 Å². The Kier molecular flexibility index (Phi) is 6.77. The van der Waals surface area contributed by atoms with E-state index in [0.29, 0.717) is 9.13 Å². The van der Waals surface area contributed by atoms with Crippen LogP contribution in [0.25, 0.3) is 0 Å². The van der Waals surface area contributed by atoms with Crippen molar-refractivity contribution in [3.05, 3.63) is 33.1 Å². The molecule has 0 bridgehead atoms. The van der Waals surface area contributed by atoms with Gasteiger partial charge in [-0.05, 0) is 0 Å². The lowest BCUT2D eigenvalue weighted by molar-refractivity contribution is -0.218. The Morgan fingerprint density at radius 3 is 2.55 bits per heavy atom. The van der Waals surface area contributed by atoms with E-state index in [1.807, 2.05) is 0 Å². The summed E-state index contributed by atoms with van der Waals surface area (Å²) < 4.78 is 34.5. The number of alkyl halides is 1. The van der Waals surface area contributed by atoms with Crippen LogP contribution < -0.4 is 11.2 Å². The average molecular weight is 420 g/mol. The minimum absolute atomic E-state index is 0.455. The van der Waals surface area contributed by atoms with Crippen LogP contribution in [0.4, 0.5) is 9.18 Å². The molecule has 1 aromatic heterocycles. The van der Waals surface area contributed by atoms with E-state index in [1.54, 1.807) is 0 Å². The third-order valence-corrected chi connectivity index (χ3v) is 4.10. The smallest absolute Gasteiger partial charge is 0.459 e. The van der Waals surface area contributed by atoms with Crippen molar-refractivity contribution in [2.45, 2.75) is 44.9 Å². The summed E-state index contributed by atoms with van der Waals surface area (Å²) in [6.45, 7) is 1.17. The van der Waals surface area contributed by atoms with Gasteiger partial charge in [0.25, 0.3) is 11.4 Å². The summed E-state index contributed by atoms with van der Waals surface area (Å²) in [6, 6.07) is 0.877. The van der Waals surface area contributed by atoms with Crippen LogP contribution in [0.1, 0.15) is 20.1 Å². The maximum Gasteiger partial charge on any atom is 0.509 e. The first-order chi connectivity index (χ1) is 13.5. The zero-order valence-electron chi connectivity index (χ0n) is 15.8. The fourth-order valence-electron chi connectivity index (χ4n) is 2.45. The number of rotatable bonds is 6. The Labute approximate surface area is 163 Å². The third kappa shape index (κ3) is 4.63. The van der Waals surface area contributed by atoms with Crippen molar-refractivity contribution in [1.29, 1.82) is 0 Å². The predicted molar refractivity (Wildman–Crippen MR) is 90.2 cm³/mol. The molecule has 13 heteroatoms. The van der Waals surface area contributed by atoms with Gasteiger partial charge < -0.3 is 29.2 Å². The number of carbonyl (C=O) groups is 2. The topological polar surface area (TPSA) is 156 Å². The Bertz CT molecular complexity index is 881. The summed E-state index contributed by atoms with van der Waals surface area (Å²) in [7, 11) is 1.02. The molecule has 0 radical (unpaired) electrons. The van der Waals surface area contributed by atoms with Crippen LogP contribution in [0.2, 0.25) is 0 Å². The van der Waals surface area contributed by atoms with Crippen molar-refractivity contribution >= 4 is 12.1 Å². The molecule has 12 nitrogen and oxygen atoms in total. The van der Waals surface area contributed by atoms with E-state index >= 15 is 0 Å². The summed E-state index contributed by atoms with van der Waals surface area (Å²) in [5.41, 5.74) is -1.98. The third-order valence-electron chi connectivity index (χ3n) is 4.10. The number of nitrogens with zero attached hydrogens (tertiary/aromatic N) is 2. The van der Waals surface area contributed by atoms with Crippen LogP contribution in [-0.4, -0.2) is 63.3 Å². The first-order valence-corrected chi connectivity index (χ1v) is 8.44. The maximum atomic E-state index is 14.9. The second kappa shape index (κ2) is 8.71. The number of halogens is 1. The first-order valence-electron chi connectivity index (χ1n) is 8.44. The van der Waals surface area contributed by atoms with Crippen LogP contribution >= 0.6 is 0 Å². The number of esters is 1. The number of methoxy groups -OCH3 is 1. The van der Waals surface area contributed by atoms with Crippen molar-refractivity contribution in [2.24, 2.45) is 5.92 Å². The van der Waals surface area contributed by atoms with Crippen molar-refractivity contribution in [1.82, 2.24) is 9.13 Å². The SMILES string of the molecule is COC(=O)OCn1c(=O)ccn([C@@H]2O[C@](F)(COC(=O)C(C)C)[C@@H](O)[C@H]2O)c1=O. The molecule has 1 fully saturated rings. The van der Waals surface area contributed by atoms with Crippen LogP contribution in [0.15, 0.2) is 21.9 Å². The number of aliphatic hydroxyl groups excluding tert-OH is 2. The van der Waals surface area contributed by atoms with Crippen molar-refractivity contribution in [2.75, 3.05) is 13.7 Å². The highest BCUT2D eigenvalue weighted by atomic mass is 19.2. The second-order valence-electron chi connectivity index (χ2n) is 6.49. The second-order valence-corrected chi connectivity index (χ2v) is 6.49. The zero-order valence-corrected chi connectivity index (χ0v) is 15.8. The largest absolute Gasteiger partial charge is 0.509 e. The Morgan fingerprint density at radius 1 is 1.31 bits per heavy atom. The number of aliphatic hydroxyl groups is 2. The molecule has 0 aromatic carbocycles. The minimum atomic E-state index is -3.00. The number of ether oxygens (including phenoxy) is 4. The molecule has 2 heterocycles. The van der Waals surface area contributed by atoms with E-state index in [9.17, 15) is 33.8 Å². The Morgan fingerprint density at radius 2 is 1.97 bits per heavy atom. The highest BCUT2D eigenvalue weighted by Crippen LogP contribution is 2.38. The standard InChI is InChI=1S/C16H21FN2O10/c1-8(2)13(23)27-6-16(17)11(22)10(21)12(29-16)18-5-4-9(20)19(14(18)24)7-28-15(25)26-3/h4-5,8,10-12,21-22H,6-7H2,1-3H3/t10-,11+,12-,16-/m1/s1. The van der Waals surface area contributed by atoms with Gasteiger partial charge in [0.2, 0.25) is 0 Å². The Hall–Kier alpha value is -2.77. The number of hydrogen-bond acceptors (Lipinski definition) is 10. The summed E-state index contributed by atoms with van der Waals surface area (Å²) in [6.07, 6.45) is -6.11. The fourth-order valence-corrected chi connectivity index (χ4v) is 2.45. The molecule has 1 aromatic rings. The van der Waals surface area contributed by atoms with Gasteiger partial charge in [-0.1, -0.05) is 13.8 Å². The molecule has 0 aliphatic carbocycles. The molecule has 2 N–H and O–H groups in total. The summed E-state index contributed by atoms with van der Waals surface area (Å²) in [4.78, 5) is 46.9. The van der Waals surface area contributed by atoms with Crippen molar-refractivity contribution in [3.63, 3.8) is 0 Å². The van der Waals surface area contributed by atoms with Crippen LogP contribution in [0.5, 0.6) is 0 Å². The van der Waals surface area contributed by atoms with Crippen molar-refractivity contribution < 1.29 is 43.1 Å². The van der Waals surface area contributed by atoms with Crippen LogP contribution in [0, 0.1) is 5.92 Å². The molecule has 2 rings (SSSR count). The lowest BCUT2D eigenvalue weighted by Crippen LogP contribution is -2.44. The number of hydrogen-bond donors (Lipinski definition) is 2. The van der Waals surface area contributed by atoms with E-state index in [-0.39, 0.29) is 0 Å². The van der Waals surface area contributed by atoms with Gasteiger partial charge in [0.1, 0.15) is 12.2 Å². The van der Waals surface area contributed by atoms with Crippen LogP contribution in [0.3, 0.4) is 0 Å². The molecule has 1 saturated heterocycles. The monoisotopic (exact) mass is 420 g/mol.